The fraction of sp³-hybridized carbons (Fsp3) is 0.333. The van der Waals surface area contributed by atoms with Crippen LogP contribution in [0.5, 0.6) is 5.75 Å². The molecule has 0 saturated heterocycles. The van der Waals surface area contributed by atoms with Gasteiger partial charge in [-0.1, -0.05) is 17.3 Å². The highest BCUT2D eigenvalue weighted by molar-refractivity contribution is 5.34. The van der Waals surface area contributed by atoms with Gasteiger partial charge in [0.05, 0.1) is 25.0 Å². The minimum Gasteiger partial charge on any atom is -0.497 e. The normalized spacial score (nSPS) is 12.4. The lowest BCUT2D eigenvalue weighted by molar-refractivity contribution is 0.413. The maximum atomic E-state index is 5.23. The highest BCUT2D eigenvalue weighted by Gasteiger charge is 2.16. The van der Waals surface area contributed by atoms with Crippen LogP contribution in [0.3, 0.4) is 0 Å². The number of benzene rings is 1. The molecule has 0 saturated carbocycles. The zero-order valence-corrected chi connectivity index (χ0v) is 10.2. The van der Waals surface area contributed by atoms with E-state index >= 15 is 0 Å². The third-order valence-corrected chi connectivity index (χ3v) is 2.76. The summed E-state index contributed by atoms with van der Waals surface area (Å²) in [6, 6.07) is 8.02. The Balaban J connectivity index is 2.38. The molecule has 0 fully saturated rings. The van der Waals surface area contributed by atoms with Gasteiger partial charge in [-0.05, 0) is 24.7 Å². The number of ether oxygens (including phenoxy) is 1. The van der Waals surface area contributed by atoms with Crippen LogP contribution < -0.4 is 10.1 Å². The van der Waals surface area contributed by atoms with Gasteiger partial charge in [0, 0.05) is 7.05 Å². The van der Waals surface area contributed by atoms with Crippen LogP contribution in [0, 0.1) is 0 Å². The summed E-state index contributed by atoms with van der Waals surface area (Å²) in [5, 5.41) is 11.1. The predicted molar refractivity (Wildman–Crippen MR) is 64.9 cm³/mol. The second kappa shape index (κ2) is 4.97. The molecule has 2 rings (SSSR count). The van der Waals surface area contributed by atoms with Gasteiger partial charge in [0.1, 0.15) is 5.75 Å². The average molecular weight is 232 g/mol. The Kier molecular flexibility index (Phi) is 3.39. The van der Waals surface area contributed by atoms with E-state index in [1.807, 2.05) is 32.3 Å². The van der Waals surface area contributed by atoms with Crippen molar-refractivity contribution in [1.82, 2.24) is 20.3 Å². The molecule has 0 radical (unpaired) electrons. The summed E-state index contributed by atoms with van der Waals surface area (Å²) in [7, 11) is 5.46. The Bertz CT molecular complexity index is 495. The van der Waals surface area contributed by atoms with Crippen molar-refractivity contribution >= 4 is 0 Å². The molecule has 1 unspecified atom stereocenters. The molecule has 17 heavy (non-hydrogen) atoms. The first-order chi connectivity index (χ1) is 8.26. The van der Waals surface area contributed by atoms with Gasteiger partial charge < -0.3 is 10.1 Å². The van der Waals surface area contributed by atoms with Crippen molar-refractivity contribution < 1.29 is 4.74 Å². The Morgan fingerprint density at radius 2 is 2.24 bits per heavy atom. The van der Waals surface area contributed by atoms with Crippen LogP contribution in [-0.4, -0.2) is 29.2 Å². The van der Waals surface area contributed by atoms with Crippen molar-refractivity contribution in [2.45, 2.75) is 6.04 Å². The summed E-state index contributed by atoms with van der Waals surface area (Å²) >= 11 is 0. The smallest absolute Gasteiger partial charge is 0.119 e. The standard InChI is InChI=1S/C12H16N4O/c1-13-12(11-8-14-15-16(11)2)9-5-4-6-10(7-9)17-3/h4-8,12-13H,1-3H3. The molecule has 0 aliphatic heterocycles. The van der Waals surface area contributed by atoms with Crippen LogP contribution >= 0.6 is 0 Å². The molecule has 0 aliphatic rings. The van der Waals surface area contributed by atoms with E-state index in [1.54, 1.807) is 18.0 Å². The molecule has 1 N–H and O–H groups in total. The van der Waals surface area contributed by atoms with Crippen LogP contribution in [0.15, 0.2) is 30.5 Å². The van der Waals surface area contributed by atoms with Gasteiger partial charge in [0.25, 0.3) is 0 Å². The molecule has 0 bridgehead atoms. The number of methoxy groups -OCH3 is 1. The molecule has 2 aromatic rings. The van der Waals surface area contributed by atoms with E-state index in [2.05, 4.69) is 21.7 Å². The lowest BCUT2D eigenvalue weighted by Gasteiger charge is -2.16. The molecular weight excluding hydrogens is 216 g/mol. The van der Waals surface area contributed by atoms with E-state index in [-0.39, 0.29) is 6.04 Å². The zero-order valence-electron chi connectivity index (χ0n) is 10.2. The second-order valence-corrected chi connectivity index (χ2v) is 3.78. The van der Waals surface area contributed by atoms with Crippen molar-refractivity contribution in [2.24, 2.45) is 7.05 Å². The van der Waals surface area contributed by atoms with Crippen LogP contribution in [0.4, 0.5) is 0 Å². The summed E-state index contributed by atoms with van der Waals surface area (Å²) in [4.78, 5) is 0. The molecule has 5 nitrogen and oxygen atoms in total. The Morgan fingerprint density at radius 3 is 2.82 bits per heavy atom. The van der Waals surface area contributed by atoms with Crippen LogP contribution in [0.2, 0.25) is 0 Å². The molecule has 5 heteroatoms. The van der Waals surface area contributed by atoms with Crippen molar-refractivity contribution in [1.29, 1.82) is 0 Å². The van der Waals surface area contributed by atoms with Gasteiger partial charge in [0.15, 0.2) is 0 Å². The zero-order chi connectivity index (χ0) is 12.3. The number of rotatable bonds is 4. The SMILES string of the molecule is CNC(c1cccc(OC)c1)c1cnnn1C. The summed E-state index contributed by atoms with van der Waals surface area (Å²) in [5.74, 6) is 0.845. The van der Waals surface area contributed by atoms with Gasteiger partial charge in [-0.3, -0.25) is 4.68 Å². The Morgan fingerprint density at radius 1 is 1.41 bits per heavy atom. The number of aromatic nitrogens is 3. The molecule has 0 amide bonds. The molecule has 1 heterocycles. The molecule has 1 aromatic heterocycles. The van der Waals surface area contributed by atoms with Crippen molar-refractivity contribution in [3.8, 4) is 5.75 Å². The average Bonchev–Trinajstić information content (AvgIpc) is 2.77. The lowest BCUT2D eigenvalue weighted by atomic mass is 10.0. The maximum Gasteiger partial charge on any atom is 0.119 e. The van der Waals surface area contributed by atoms with Crippen LogP contribution in [0.25, 0.3) is 0 Å². The number of hydrogen-bond acceptors (Lipinski definition) is 4. The second-order valence-electron chi connectivity index (χ2n) is 3.78. The number of aryl methyl sites for hydroxylation is 1. The Hall–Kier alpha value is -1.88. The van der Waals surface area contributed by atoms with E-state index < -0.39 is 0 Å². The minimum absolute atomic E-state index is 0.0603. The lowest BCUT2D eigenvalue weighted by Crippen LogP contribution is -2.20. The van der Waals surface area contributed by atoms with E-state index in [9.17, 15) is 0 Å². The molecule has 0 spiro atoms. The molecule has 1 aromatic carbocycles. The first-order valence-electron chi connectivity index (χ1n) is 5.42. The van der Waals surface area contributed by atoms with Gasteiger partial charge in [0.2, 0.25) is 0 Å². The van der Waals surface area contributed by atoms with Crippen molar-refractivity contribution in [3.05, 3.63) is 41.7 Å². The van der Waals surface area contributed by atoms with Gasteiger partial charge >= 0.3 is 0 Å². The van der Waals surface area contributed by atoms with Gasteiger partial charge in [-0.2, -0.15) is 0 Å². The topological polar surface area (TPSA) is 52.0 Å². The van der Waals surface area contributed by atoms with E-state index in [0.29, 0.717) is 0 Å². The summed E-state index contributed by atoms with van der Waals surface area (Å²) < 4.78 is 7.00. The first-order valence-corrected chi connectivity index (χ1v) is 5.42. The Labute approximate surface area is 100 Å². The van der Waals surface area contributed by atoms with Gasteiger partial charge in [-0.15, -0.1) is 5.10 Å². The highest BCUT2D eigenvalue weighted by Crippen LogP contribution is 2.23. The minimum atomic E-state index is 0.0603. The number of hydrogen-bond donors (Lipinski definition) is 1. The summed E-state index contributed by atoms with van der Waals surface area (Å²) in [6.07, 6.45) is 1.76. The van der Waals surface area contributed by atoms with Crippen molar-refractivity contribution in [2.75, 3.05) is 14.2 Å². The largest absolute Gasteiger partial charge is 0.497 e. The number of nitrogens with one attached hydrogen (secondary N) is 1. The maximum absolute atomic E-state index is 5.23. The summed E-state index contributed by atoms with van der Waals surface area (Å²) in [6.45, 7) is 0. The number of nitrogens with zero attached hydrogens (tertiary/aromatic N) is 3. The fourth-order valence-corrected chi connectivity index (χ4v) is 1.87. The molecule has 1 atom stereocenters. The monoisotopic (exact) mass is 232 g/mol. The fourth-order valence-electron chi connectivity index (χ4n) is 1.87. The van der Waals surface area contributed by atoms with Gasteiger partial charge in [-0.25, -0.2) is 0 Å². The molecular formula is C12H16N4O. The quantitative estimate of drug-likeness (QED) is 0.858. The van der Waals surface area contributed by atoms with E-state index in [1.165, 1.54) is 0 Å². The molecule has 90 valence electrons. The predicted octanol–water partition coefficient (Wildman–Crippen LogP) is 1.13. The molecule has 0 aliphatic carbocycles. The summed E-state index contributed by atoms with van der Waals surface area (Å²) in [5.41, 5.74) is 2.14. The van der Waals surface area contributed by atoms with Crippen LogP contribution in [0.1, 0.15) is 17.3 Å². The van der Waals surface area contributed by atoms with E-state index in [0.717, 1.165) is 17.0 Å². The first kappa shape index (κ1) is 11.6. The third kappa shape index (κ3) is 2.29. The van der Waals surface area contributed by atoms with E-state index in [4.69, 9.17) is 4.74 Å². The third-order valence-electron chi connectivity index (χ3n) is 2.76. The van der Waals surface area contributed by atoms with Crippen LogP contribution in [-0.2, 0) is 7.05 Å². The highest BCUT2D eigenvalue weighted by atomic mass is 16.5. The van der Waals surface area contributed by atoms with Crippen molar-refractivity contribution in [3.63, 3.8) is 0 Å².